The lowest BCUT2D eigenvalue weighted by molar-refractivity contribution is 0.0476. The summed E-state index contributed by atoms with van der Waals surface area (Å²) in [4.78, 5) is 22.2. The Kier molecular flexibility index (Phi) is 5.08. The Morgan fingerprint density at radius 3 is 2.52 bits per heavy atom. The van der Waals surface area contributed by atoms with E-state index in [4.69, 9.17) is 9.47 Å². The summed E-state index contributed by atoms with van der Waals surface area (Å²) in [5.41, 5.74) is 0.592. The lowest BCUT2D eigenvalue weighted by Gasteiger charge is -2.37. The zero-order valence-electron chi connectivity index (χ0n) is 17.9. The number of benzene rings is 1. The van der Waals surface area contributed by atoms with Crippen LogP contribution in [0.3, 0.4) is 0 Å². The number of carbonyl (C=O) groups is 1. The minimum absolute atomic E-state index is 0.0969. The number of rotatable bonds is 4. The molecule has 0 N–H and O–H groups in total. The van der Waals surface area contributed by atoms with E-state index in [1.807, 2.05) is 12.2 Å². The molecule has 4 heterocycles. The molecule has 1 amide bonds. The summed E-state index contributed by atoms with van der Waals surface area (Å²) in [6.45, 7) is 0. The summed E-state index contributed by atoms with van der Waals surface area (Å²) in [7, 11) is -2.16. The third-order valence-corrected chi connectivity index (χ3v) is 7.10. The second-order valence-electron chi connectivity index (χ2n) is 8.10. The molecule has 1 aromatic carbocycles. The van der Waals surface area contributed by atoms with Crippen molar-refractivity contribution in [1.82, 2.24) is 19.4 Å². The lowest BCUT2D eigenvalue weighted by atomic mass is 9.99. The molecule has 0 radical (unpaired) electrons. The first-order valence-electron chi connectivity index (χ1n) is 10.3. The molecule has 0 aliphatic carbocycles. The van der Waals surface area contributed by atoms with Gasteiger partial charge in [0.05, 0.1) is 35.2 Å². The number of ether oxygens (including phenoxy) is 2. The Morgan fingerprint density at radius 1 is 1.15 bits per heavy atom. The third-order valence-electron chi connectivity index (χ3n) is 5.99. The molecule has 2 aliphatic heterocycles. The molecule has 2 aliphatic rings. The maximum Gasteiger partial charge on any atom is 0.410 e. The molecule has 5 rings (SSSR count). The van der Waals surface area contributed by atoms with E-state index < -0.39 is 15.7 Å². The van der Waals surface area contributed by atoms with Crippen LogP contribution in [0.5, 0.6) is 5.88 Å². The van der Waals surface area contributed by atoms with Crippen molar-refractivity contribution in [2.24, 2.45) is 0 Å². The molecule has 9 nitrogen and oxygen atoms in total. The van der Waals surface area contributed by atoms with Gasteiger partial charge in [-0.1, -0.05) is 12.2 Å². The average Bonchev–Trinajstić information content (AvgIpc) is 3.32. The molecule has 1 saturated heterocycles. The van der Waals surface area contributed by atoms with Crippen molar-refractivity contribution >= 4 is 27.0 Å². The summed E-state index contributed by atoms with van der Waals surface area (Å²) < 4.78 is 50.8. The molecule has 2 bridgehead atoms. The fourth-order valence-corrected chi connectivity index (χ4v) is 5.10. The van der Waals surface area contributed by atoms with Crippen LogP contribution in [-0.2, 0) is 14.6 Å². The number of aromatic nitrogens is 3. The largest absolute Gasteiger partial charge is 0.474 e. The number of fused-ring (bicyclic) bond motifs is 3. The SMILES string of the molecule is COC(=O)N1[C@H]2C=C[C@H]1CC(Oc1ncnc3c1ccn3-c1ccc(S(C)(=O)=O)cc1F)C2. The number of amides is 1. The Balaban J connectivity index is 1.42. The van der Waals surface area contributed by atoms with Gasteiger partial charge in [0.15, 0.2) is 15.5 Å². The molecule has 2 aromatic heterocycles. The highest BCUT2D eigenvalue weighted by Crippen LogP contribution is 2.35. The van der Waals surface area contributed by atoms with Gasteiger partial charge in [0.1, 0.15) is 18.2 Å². The number of hydrogen-bond acceptors (Lipinski definition) is 7. The van der Waals surface area contributed by atoms with E-state index in [2.05, 4.69) is 9.97 Å². The maximum absolute atomic E-state index is 14.8. The molecular weight excluding hydrogens is 451 g/mol. The Bertz CT molecular complexity index is 1370. The minimum atomic E-state index is -3.52. The van der Waals surface area contributed by atoms with E-state index in [0.717, 1.165) is 12.3 Å². The number of halogens is 1. The zero-order chi connectivity index (χ0) is 23.3. The molecule has 0 unspecified atom stereocenters. The van der Waals surface area contributed by atoms with Crippen molar-refractivity contribution in [3.05, 3.63) is 54.8 Å². The topological polar surface area (TPSA) is 104 Å². The van der Waals surface area contributed by atoms with Crippen molar-refractivity contribution < 1.29 is 27.1 Å². The molecule has 11 heteroatoms. The van der Waals surface area contributed by atoms with E-state index >= 15 is 0 Å². The number of sulfone groups is 1. The summed E-state index contributed by atoms with van der Waals surface area (Å²) in [5, 5.41) is 0.597. The first kappa shape index (κ1) is 21.4. The van der Waals surface area contributed by atoms with Gasteiger partial charge in [-0.25, -0.2) is 27.6 Å². The molecule has 3 aromatic rings. The molecule has 0 saturated carbocycles. The number of carbonyl (C=O) groups excluding carboxylic acids is 1. The molecule has 172 valence electrons. The van der Waals surface area contributed by atoms with E-state index in [1.54, 1.807) is 17.2 Å². The van der Waals surface area contributed by atoms with Gasteiger partial charge in [0.25, 0.3) is 0 Å². The van der Waals surface area contributed by atoms with E-state index in [9.17, 15) is 17.6 Å². The van der Waals surface area contributed by atoms with Gasteiger partial charge >= 0.3 is 6.09 Å². The second-order valence-corrected chi connectivity index (χ2v) is 10.1. The molecular formula is C22H21FN4O5S. The van der Waals surface area contributed by atoms with Gasteiger partial charge in [-0.15, -0.1) is 0 Å². The summed E-state index contributed by atoms with van der Waals surface area (Å²) >= 11 is 0. The monoisotopic (exact) mass is 472 g/mol. The average molecular weight is 472 g/mol. The normalized spacial score (nSPS) is 22.0. The summed E-state index contributed by atoms with van der Waals surface area (Å²) in [5.74, 6) is -0.322. The minimum Gasteiger partial charge on any atom is -0.474 e. The summed E-state index contributed by atoms with van der Waals surface area (Å²) in [6, 6.07) is 5.27. The van der Waals surface area contributed by atoms with Crippen LogP contribution in [0.1, 0.15) is 12.8 Å². The number of piperidine rings is 1. The Labute approximate surface area is 189 Å². The number of hydrogen-bond donors (Lipinski definition) is 0. The highest BCUT2D eigenvalue weighted by atomic mass is 32.2. The van der Waals surface area contributed by atoms with Gasteiger partial charge < -0.3 is 9.47 Å². The molecule has 33 heavy (non-hydrogen) atoms. The van der Waals surface area contributed by atoms with Crippen LogP contribution in [0.2, 0.25) is 0 Å². The second kappa shape index (κ2) is 7.84. The fraction of sp³-hybridized carbons (Fsp3) is 0.318. The van der Waals surface area contributed by atoms with Crippen LogP contribution in [0.25, 0.3) is 16.7 Å². The van der Waals surface area contributed by atoms with Crippen LogP contribution in [-0.4, -0.2) is 65.5 Å². The van der Waals surface area contributed by atoms with E-state index in [1.165, 1.54) is 30.1 Å². The third kappa shape index (κ3) is 3.71. The number of methoxy groups -OCH3 is 1. The van der Waals surface area contributed by atoms with Crippen LogP contribution in [0.4, 0.5) is 9.18 Å². The fourth-order valence-electron chi connectivity index (χ4n) is 4.47. The highest BCUT2D eigenvalue weighted by Gasteiger charge is 2.41. The van der Waals surface area contributed by atoms with Gasteiger partial charge in [-0.3, -0.25) is 9.47 Å². The van der Waals surface area contributed by atoms with Crippen LogP contribution in [0, 0.1) is 5.82 Å². The van der Waals surface area contributed by atoms with Gasteiger partial charge in [0.2, 0.25) is 5.88 Å². The predicted molar refractivity (Wildman–Crippen MR) is 117 cm³/mol. The molecule has 1 fully saturated rings. The van der Waals surface area contributed by atoms with Crippen molar-refractivity contribution in [3.63, 3.8) is 0 Å². The first-order valence-corrected chi connectivity index (χ1v) is 12.2. The maximum atomic E-state index is 14.8. The first-order chi connectivity index (χ1) is 15.8. The summed E-state index contributed by atoms with van der Waals surface area (Å²) in [6.07, 6.45) is 8.62. The standard InChI is InChI=1S/C22H21FN4O5S/c1-31-22(28)27-13-3-4-14(27)10-15(9-13)32-21-17-7-8-26(20(17)24-12-25-21)19-6-5-16(11-18(19)23)33(2,29)30/h3-8,11-15H,9-10H2,1-2H3/t13-,14-/m0/s1. The van der Waals surface area contributed by atoms with E-state index in [-0.39, 0.29) is 34.9 Å². The quantitative estimate of drug-likeness (QED) is 0.538. The van der Waals surface area contributed by atoms with Gasteiger partial charge in [0, 0.05) is 25.3 Å². The smallest absolute Gasteiger partial charge is 0.410 e. The number of nitrogens with zero attached hydrogens (tertiary/aromatic N) is 4. The van der Waals surface area contributed by atoms with Gasteiger partial charge in [-0.2, -0.15) is 0 Å². The molecule has 0 spiro atoms. The lowest BCUT2D eigenvalue weighted by Crippen LogP contribution is -2.49. The van der Waals surface area contributed by atoms with Crippen molar-refractivity contribution in [1.29, 1.82) is 0 Å². The van der Waals surface area contributed by atoms with Crippen molar-refractivity contribution in [2.75, 3.05) is 13.4 Å². The van der Waals surface area contributed by atoms with Crippen molar-refractivity contribution in [2.45, 2.75) is 35.9 Å². The van der Waals surface area contributed by atoms with Crippen LogP contribution < -0.4 is 4.74 Å². The Hall–Kier alpha value is -3.47. The van der Waals surface area contributed by atoms with Gasteiger partial charge in [-0.05, 0) is 24.3 Å². The van der Waals surface area contributed by atoms with Crippen molar-refractivity contribution in [3.8, 4) is 11.6 Å². The zero-order valence-corrected chi connectivity index (χ0v) is 18.7. The Morgan fingerprint density at radius 2 is 1.88 bits per heavy atom. The van der Waals surface area contributed by atoms with Crippen LogP contribution in [0.15, 0.2) is 53.8 Å². The highest BCUT2D eigenvalue weighted by molar-refractivity contribution is 7.90. The van der Waals surface area contributed by atoms with Crippen LogP contribution >= 0.6 is 0 Å². The predicted octanol–water partition coefficient (Wildman–Crippen LogP) is 2.88. The molecule has 2 atom stereocenters. The van der Waals surface area contributed by atoms with E-state index in [0.29, 0.717) is 29.8 Å².